The van der Waals surface area contributed by atoms with Crippen molar-refractivity contribution < 1.29 is 0 Å². The van der Waals surface area contributed by atoms with Gasteiger partial charge in [0.25, 0.3) is 0 Å². The van der Waals surface area contributed by atoms with Gasteiger partial charge in [-0.15, -0.1) is 0 Å². The molecule has 2 radical (unpaired) electrons. The number of hydrogen-bond donors (Lipinski definition) is 0. The molecular weight excluding hydrogens is 180 g/mol. The fourth-order valence-corrected chi connectivity index (χ4v) is 1.67. The van der Waals surface area contributed by atoms with Gasteiger partial charge >= 0.3 is 0 Å². The van der Waals surface area contributed by atoms with E-state index in [1.807, 2.05) is 0 Å². The molecule has 1 unspecified atom stereocenters. The van der Waals surface area contributed by atoms with Crippen LogP contribution in [0.25, 0.3) is 0 Å². The van der Waals surface area contributed by atoms with Crippen LogP contribution in [0, 0.1) is 19.8 Å². The zero-order valence-corrected chi connectivity index (χ0v) is 10.5. The average molecular weight is 208 g/mol. The molecule has 0 aliphatic carbocycles. The zero-order chi connectivity index (χ0) is 11.4. The van der Waals surface area contributed by atoms with Crippen LogP contribution in [0.1, 0.15) is 64.7 Å². The molecular formula is C15H28. The fourth-order valence-electron chi connectivity index (χ4n) is 1.67. The lowest BCUT2D eigenvalue weighted by molar-refractivity contribution is 0.518. The number of hydrogen-bond acceptors (Lipinski definition) is 0. The van der Waals surface area contributed by atoms with E-state index in [1.165, 1.54) is 44.9 Å². The van der Waals surface area contributed by atoms with E-state index in [1.54, 1.807) is 0 Å². The Morgan fingerprint density at radius 3 is 2.33 bits per heavy atom. The Morgan fingerprint density at radius 1 is 0.933 bits per heavy atom. The van der Waals surface area contributed by atoms with E-state index in [0.717, 1.165) is 18.8 Å². The van der Waals surface area contributed by atoms with Crippen LogP contribution in [-0.2, 0) is 0 Å². The van der Waals surface area contributed by atoms with E-state index in [2.05, 4.69) is 32.9 Å². The van der Waals surface area contributed by atoms with Crippen LogP contribution >= 0.6 is 0 Å². The van der Waals surface area contributed by atoms with Crippen molar-refractivity contribution in [3.05, 3.63) is 26.0 Å². The second-order valence-electron chi connectivity index (χ2n) is 4.51. The molecule has 0 nitrogen and oxygen atoms in total. The molecule has 0 aliphatic rings. The third-order valence-corrected chi connectivity index (χ3v) is 2.77. The summed E-state index contributed by atoms with van der Waals surface area (Å²) >= 11 is 0. The van der Waals surface area contributed by atoms with Crippen LogP contribution < -0.4 is 0 Å². The molecule has 0 aromatic carbocycles. The van der Waals surface area contributed by atoms with Gasteiger partial charge in [-0.3, -0.25) is 0 Å². The molecule has 15 heavy (non-hydrogen) atoms. The normalized spacial score (nSPS) is 13.5. The molecule has 0 aromatic heterocycles. The Kier molecular flexibility index (Phi) is 11.6. The van der Waals surface area contributed by atoms with Crippen molar-refractivity contribution >= 4 is 0 Å². The summed E-state index contributed by atoms with van der Waals surface area (Å²) in [5.74, 6) is 0.836. The number of rotatable bonds is 10. The minimum absolute atomic E-state index is 0.836. The summed E-state index contributed by atoms with van der Waals surface area (Å²) in [6.07, 6.45) is 15.9. The van der Waals surface area contributed by atoms with Crippen molar-refractivity contribution in [1.82, 2.24) is 0 Å². The molecule has 0 aromatic rings. The predicted molar refractivity (Wildman–Crippen MR) is 70.6 cm³/mol. The average Bonchev–Trinajstić information content (AvgIpc) is 2.25. The Balaban J connectivity index is 3.21. The molecule has 0 spiro atoms. The smallest absolute Gasteiger partial charge is 0.0325 e. The maximum atomic E-state index is 3.87. The SMILES string of the molecule is [CH2]CCCCCC=CCC(C)CCC[CH2]. The molecule has 1 atom stereocenters. The van der Waals surface area contributed by atoms with Crippen molar-refractivity contribution in [3.63, 3.8) is 0 Å². The molecule has 0 saturated heterocycles. The van der Waals surface area contributed by atoms with Crippen LogP contribution in [0.4, 0.5) is 0 Å². The van der Waals surface area contributed by atoms with Gasteiger partial charge in [-0.2, -0.15) is 0 Å². The lowest BCUT2D eigenvalue weighted by Gasteiger charge is -2.06. The van der Waals surface area contributed by atoms with Gasteiger partial charge in [-0.05, 0) is 25.2 Å². The van der Waals surface area contributed by atoms with Gasteiger partial charge in [0.15, 0.2) is 0 Å². The van der Waals surface area contributed by atoms with Gasteiger partial charge in [0.1, 0.15) is 0 Å². The van der Waals surface area contributed by atoms with Crippen molar-refractivity contribution in [2.45, 2.75) is 64.7 Å². The summed E-state index contributed by atoms with van der Waals surface area (Å²) in [6, 6.07) is 0. The molecule has 0 amide bonds. The van der Waals surface area contributed by atoms with Crippen LogP contribution in [0.2, 0.25) is 0 Å². The van der Waals surface area contributed by atoms with Crippen LogP contribution in [0.3, 0.4) is 0 Å². The van der Waals surface area contributed by atoms with Crippen molar-refractivity contribution in [2.75, 3.05) is 0 Å². The topological polar surface area (TPSA) is 0 Å². The summed E-state index contributed by atoms with van der Waals surface area (Å²) in [5, 5.41) is 0. The highest BCUT2D eigenvalue weighted by Crippen LogP contribution is 2.12. The molecule has 0 heterocycles. The van der Waals surface area contributed by atoms with Crippen molar-refractivity contribution in [3.8, 4) is 0 Å². The quantitative estimate of drug-likeness (QED) is 0.335. The van der Waals surface area contributed by atoms with Gasteiger partial charge in [0, 0.05) is 0 Å². The minimum atomic E-state index is 0.836. The van der Waals surface area contributed by atoms with E-state index in [4.69, 9.17) is 0 Å². The van der Waals surface area contributed by atoms with Gasteiger partial charge in [-0.1, -0.05) is 71.4 Å². The standard InChI is InChI=1S/C15H28/c1-4-6-8-9-10-11-12-14-15(3)13-7-5-2/h11-12,15H,1-2,4-10,13-14H2,3H3. The van der Waals surface area contributed by atoms with E-state index in [9.17, 15) is 0 Å². The van der Waals surface area contributed by atoms with Crippen LogP contribution in [0.15, 0.2) is 12.2 Å². The largest absolute Gasteiger partial charge is 0.0885 e. The highest BCUT2D eigenvalue weighted by Gasteiger charge is 1.97. The predicted octanol–water partition coefficient (Wildman–Crippen LogP) is 5.36. The van der Waals surface area contributed by atoms with E-state index < -0.39 is 0 Å². The Labute approximate surface area is 97.2 Å². The summed E-state index contributed by atoms with van der Waals surface area (Å²) in [7, 11) is 0. The zero-order valence-electron chi connectivity index (χ0n) is 10.5. The first kappa shape index (κ1) is 14.7. The molecule has 0 saturated carbocycles. The molecule has 0 heteroatoms. The number of allylic oxidation sites excluding steroid dienone is 2. The van der Waals surface area contributed by atoms with Crippen molar-refractivity contribution in [1.29, 1.82) is 0 Å². The Bertz CT molecular complexity index is 135. The first-order valence-electron chi connectivity index (χ1n) is 6.54. The fraction of sp³-hybridized carbons (Fsp3) is 0.733. The second-order valence-corrected chi connectivity index (χ2v) is 4.51. The second kappa shape index (κ2) is 11.8. The summed E-state index contributed by atoms with van der Waals surface area (Å²) < 4.78 is 0. The summed E-state index contributed by atoms with van der Waals surface area (Å²) in [5.41, 5.74) is 0. The summed E-state index contributed by atoms with van der Waals surface area (Å²) in [4.78, 5) is 0. The van der Waals surface area contributed by atoms with Gasteiger partial charge in [0.05, 0.1) is 0 Å². The Morgan fingerprint density at radius 2 is 1.67 bits per heavy atom. The molecule has 0 aliphatic heterocycles. The molecule has 0 fully saturated rings. The monoisotopic (exact) mass is 208 g/mol. The third kappa shape index (κ3) is 11.7. The van der Waals surface area contributed by atoms with E-state index in [0.29, 0.717) is 0 Å². The van der Waals surface area contributed by atoms with Gasteiger partial charge in [0.2, 0.25) is 0 Å². The maximum absolute atomic E-state index is 3.87. The van der Waals surface area contributed by atoms with Crippen molar-refractivity contribution in [2.24, 2.45) is 5.92 Å². The molecule has 0 bridgehead atoms. The molecule has 88 valence electrons. The highest BCUT2D eigenvalue weighted by atomic mass is 14.0. The van der Waals surface area contributed by atoms with Crippen LogP contribution in [-0.4, -0.2) is 0 Å². The first-order valence-corrected chi connectivity index (χ1v) is 6.54. The first-order chi connectivity index (χ1) is 7.31. The van der Waals surface area contributed by atoms with Crippen LogP contribution in [0.5, 0.6) is 0 Å². The molecule has 0 N–H and O–H groups in total. The summed E-state index contributed by atoms with van der Waals surface area (Å²) in [6.45, 7) is 10.1. The number of unbranched alkanes of at least 4 members (excludes halogenated alkanes) is 5. The Hall–Kier alpha value is -0.260. The van der Waals surface area contributed by atoms with E-state index in [-0.39, 0.29) is 0 Å². The van der Waals surface area contributed by atoms with E-state index >= 15 is 0 Å². The van der Waals surface area contributed by atoms with Gasteiger partial charge < -0.3 is 0 Å². The highest BCUT2D eigenvalue weighted by molar-refractivity contribution is 4.83. The lowest BCUT2D eigenvalue weighted by atomic mass is 10.0. The lowest BCUT2D eigenvalue weighted by Crippen LogP contribution is -1.91. The third-order valence-electron chi connectivity index (χ3n) is 2.77. The maximum Gasteiger partial charge on any atom is -0.0325 e. The molecule has 0 rings (SSSR count). The minimum Gasteiger partial charge on any atom is -0.0885 e. The van der Waals surface area contributed by atoms with Gasteiger partial charge in [-0.25, -0.2) is 0 Å².